The molecule has 0 N–H and O–H groups in total. The quantitative estimate of drug-likeness (QED) is 0.568. The molecule has 0 atom stereocenters. The third-order valence-corrected chi connectivity index (χ3v) is 4.73. The summed E-state index contributed by atoms with van der Waals surface area (Å²) in [6, 6.07) is 17.1. The van der Waals surface area contributed by atoms with E-state index >= 15 is 0 Å². The number of hydrogen-bond donors (Lipinski definition) is 0. The van der Waals surface area contributed by atoms with Crippen LogP contribution in [0.1, 0.15) is 28.8 Å². The molecule has 120 valence electrons. The molecule has 0 unspecified atom stereocenters. The van der Waals surface area contributed by atoms with Crippen molar-refractivity contribution in [3.63, 3.8) is 0 Å². The van der Waals surface area contributed by atoms with E-state index < -0.39 is 0 Å². The molecule has 0 saturated heterocycles. The van der Waals surface area contributed by atoms with Gasteiger partial charge in [0.25, 0.3) is 0 Å². The normalized spacial score (nSPS) is 13.9. The fraction of sp³-hybridized carbons (Fsp3) is 0.190. The number of aromatic nitrogens is 1. The van der Waals surface area contributed by atoms with Crippen LogP contribution in [-0.2, 0) is 6.54 Å². The van der Waals surface area contributed by atoms with Gasteiger partial charge in [0.1, 0.15) is 0 Å². The van der Waals surface area contributed by atoms with Crippen molar-refractivity contribution in [2.75, 3.05) is 0 Å². The van der Waals surface area contributed by atoms with Crippen molar-refractivity contribution in [1.29, 1.82) is 0 Å². The fourth-order valence-corrected chi connectivity index (χ4v) is 3.12. The maximum absolute atomic E-state index is 13.0. The lowest BCUT2D eigenvalue weighted by Gasteiger charge is -2.04. The van der Waals surface area contributed by atoms with Crippen LogP contribution >= 0.6 is 11.6 Å². The van der Waals surface area contributed by atoms with Crippen molar-refractivity contribution in [3.05, 3.63) is 83.1 Å². The molecule has 0 amide bonds. The summed E-state index contributed by atoms with van der Waals surface area (Å²) in [6.45, 7) is 0.989. The zero-order valence-electron chi connectivity index (χ0n) is 13.3. The molecule has 2 nitrogen and oxygen atoms in total. The Morgan fingerprint density at radius 2 is 1.71 bits per heavy atom. The topological polar surface area (TPSA) is 22.0 Å². The first-order chi connectivity index (χ1) is 11.7. The molecule has 4 rings (SSSR count). The average molecular weight is 336 g/mol. The van der Waals surface area contributed by atoms with E-state index in [9.17, 15) is 4.79 Å². The molecule has 1 saturated carbocycles. The van der Waals surface area contributed by atoms with Gasteiger partial charge in [-0.25, -0.2) is 0 Å². The van der Waals surface area contributed by atoms with Crippen LogP contribution in [0, 0.1) is 5.92 Å². The lowest BCUT2D eigenvalue weighted by atomic mass is 9.98. The highest BCUT2D eigenvalue weighted by Crippen LogP contribution is 2.33. The van der Waals surface area contributed by atoms with E-state index in [1.54, 1.807) is 0 Å². The van der Waals surface area contributed by atoms with Crippen molar-refractivity contribution < 1.29 is 4.79 Å². The number of rotatable bonds is 5. The minimum Gasteiger partial charge on any atom is -0.353 e. The van der Waals surface area contributed by atoms with Crippen molar-refractivity contribution in [2.24, 2.45) is 5.92 Å². The third kappa shape index (κ3) is 3.15. The molecule has 2 aromatic carbocycles. The third-order valence-electron chi connectivity index (χ3n) is 4.48. The average Bonchev–Trinajstić information content (AvgIpc) is 3.33. The van der Waals surface area contributed by atoms with Crippen LogP contribution in [0.2, 0.25) is 5.02 Å². The molecule has 1 heterocycles. The first-order valence-electron chi connectivity index (χ1n) is 8.26. The summed E-state index contributed by atoms with van der Waals surface area (Å²) in [4.78, 5) is 13.0. The van der Waals surface area contributed by atoms with Crippen LogP contribution in [0.25, 0.3) is 11.1 Å². The summed E-state index contributed by atoms with van der Waals surface area (Å²) in [5, 5.41) is 0.701. The molecule has 3 heteroatoms. The maximum Gasteiger partial charge on any atom is 0.195 e. The van der Waals surface area contributed by atoms with Crippen LogP contribution in [0.15, 0.2) is 67.0 Å². The molecule has 3 aromatic rings. The van der Waals surface area contributed by atoms with Gasteiger partial charge in [-0.1, -0.05) is 54.1 Å². The predicted molar refractivity (Wildman–Crippen MR) is 97.5 cm³/mol. The van der Waals surface area contributed by atoms with Gasteiger partial charge in [-0.2, -0.15) is 0 Å². The Bertz CT molecular complexity index is 861. The maximum atomic E-state index is 13.0. The summed E-state index contributed by atoms with van der Waals surface area (Å²) in [6.07, 6.45) is 6.67. The molecule has 1 fully saturated rings. The molecule has 1 aliphatic rings. The number of nitrogens with zero attached hydrogens (tertiary/aromatic N) is 1. The number of ketones is 1. The van der Waals surface area contributed by atoms with Gasteiger partial charge in [0, 0.05) is 40.7 Å². The zero-order valence-corrected chi connectivity index (χ0v) is 14.0. The first-order valence-corrected chi connectivity index (χ1v) is 8.64. The largest absolute Gasteiger partial charge is 0.353 e. The highest BCUT2D eigenvalue weighted by Gasteiger charge is 2.24. The van der Waals surface area contributed by atoms with E-state index in [0.29, 0.717) is 5.02 Å². The summed E-state index contributed by atoms with van der Waals surface area (Å²) < 4.78 is 2.16. The Kier molecular flexibility index (Phi) is 3.99. The summed E-state index contributed by atoms with van der Waals surface area (Å²) in [7, 11) is 0. The lowest BCUT2D eigenvalue weighted by molar-refractivity contribution is 0.103. The standard InChI is InChI=1S/C21H18ClNO/c22-18-10-8-16(9-11-18)19-13-23(12-15-6-7-15)14-20(19)21(24)17-4-2-1-3-5-17/h1-5,8-11,13-15H,6-7,12H2. The van der Waals surface area contributed by atoms with E-state index in [1.165, 1.54) is 12.8 Å². The zero-order chi connectivity index (χ0) is 16.5. The van der Waals surface area contributed by atoms with Crippen LogP contribution < -0.4 is 0 Å². The van der Waals surface area contributed by atoms with Gasteiger partial charge in [-0.3, -0.25) is 4.79 Å². The highest BCUT2D eigenvalue weighted by atomic mass is 35.5. The number of carbonyl (C=O) groups excluding carboxylic acids is 1. The van der Waals surface area contributed by atoms with E-state index in [4.69, 9.17) is 11.6 Å². The molecule has 0 spiro atoms. The van der Waals surface area contributed by atoms with Crippen LogP contribution in [0.4, 0.5) is 0 Å². The monoisotopic (exact) mass is 335 g/mol. The molecule has 24 heavy (non-hydrogen) atoms. The highest BCUT2D eigenvalue weighted by molar-refractivity contribution is 6.30. The second-order valence-electron chi connectivity index (χ2n) is 6.43. The van der Waals surface area contributed by atoms with Crippen molar-refractivity contribution >= 4 is 17.4 Å². The Morgan fingerprint density at radius 1 is 1.00 bits per heavy atom. The van der Waals surface area contributed by atoms with Gasteiger partial charge in [0.05, 0.1) is 0 Å². The van der Waals surface area contributed by atoms with E-state index in [2.05, 4.69) is 10.8 Å². The van der Waals surface area contributed by atoms with E-state index in [-0.39, 0.29) is 5.78 Å². The second kappa shape index (κ2) is 6.29. The van der Waals surface area contributed by atoms with E-state index in [1.807, 2.05) is 60.8 Å². The number of halogens is 1. The van der Waals surface area contributed by atoms with Gasteiger partial charge < -0.3 is 4.57 Å². The molecule has 1 aliphatic carbocycles. The molecular weight excluding hydrogens is 318 g/mol. The second-order valence-corrected chi connectivity index (χ2v) is 6.86. The lowest BCUT2D eigenvalue weighted by Crippen LogP contribution is -2.02. The molecule has 0 aliphatic heterocycles. The Balaban J connectivity index is 1.77. The SMILES string of the molecule is O=C(c1ccccc1)c1cn(CC2CC2)cc1-c1ccc(Cl)cc1. The fourth-order valence-electron chi connectivity index (χ4n) is 3.00. The van der Waals surface area contributed by atoms with E-state index in [0.717, 1.165) is 34.7 Å². The summed E-state index contributed by atoms with van der Waals surface area (Å²) >= 11 is 6.01. The molecule has 0 radical (unpaired) electrons. The van der Waals surface area contributed by atoms with Crippen LogP contribution in [0.3, 0.4) is 0 Å². The van der Waals surface area contributed by atoms with Crippen LogP contribution in [0.5, 0.6) is 0 Å². The summed E-state index contributed by atoms with van der Waals surface area (Å²) in [5.74, 6) is 0.824. The van der Waals surface area contributed by atoms with Gasteiger partial charge in [-0.05, 0) is 36.5 Å². The summed E-state index contributed by atoms with van der Waals surface area (Å²) in [5.41, 5.74) is 3.47. The van der Waals surface area contributed by atoms with Gasteiger partial charge in [0.15, 0.2) is 5.78 Å². The minimum atomic E-state index is 0.0649. The number of benzene rings is 2. The molecule has 1 aromatic heterocycles. The van der Waals surface area contributed by atoms with Crippen molar-refractivity contribution in [1.82, 2.24) is 4.57 Å². The number of hydrogen-bond acceptors (Lipinski definition) is 1. The van der Waals surface area contributed by atoms with Gasteiger partial charge in [0.2, 0.25) is 0 Å². The van der Waals surface area contributed by atoms with Gasteiger partial charge in [-0.15, -0.1) is 0 Å². The molecule has 0 bridgehead atoms. The predicted octanol–water partition coefficient (Wildman–Crippen LogP) is 5.45. The first kappa shape index (κ1) is 15.2. The Labute approximate surface area is 146 Å². The smallest absolute Gasteiger partial charge is 0.195 e. The number of carbonyl (C=O) groups is 1. The van der Waals surface area contributed by atoms with Crippen molar-refractivity contribution in [3.8, 4) is 11.1 Å². The Hall–Kier alpha value is -2.32. The Morgan fingerprint density at radius 3 is 2.38 bits per heavy atom. The molecular formula is C21H18ClNO. The van der Waals surface area contributed by atoms with Crippen molar-refractivity contribution in [2.45, 2.75) is 19.4 Å². The minimum absolute atomic E-state index is 0.0649. The van der Waals surface area contributed by atoms with Crippen LogP contribution in [-0.4, -0.2) is 10.4 Å². The van der Waals surface area contributed by atoms with Gasteiger partial charge >= 0.3 is 0 Å².